The van der Waals surface area contributed by atoms with Crippen LogP contribution in [0.1, 0.15) is 12.8 Å². The summed E-state index contributed by atoms with van der Waals surface area (Å²) in [5, 5.41) is 3.53. The lowest BCUT2D eigenvalue weighted by atomic mass is 9.79. The summed E-state index contributed by atoms with van der Waals surface area (Å²) in [6, 6.07) is 5.09. The van der Waals surface area contributed by atoms with E-state index in [0.29, 0.717) is 15.7 Å². The molecular formula is C15H13Cl2NO3. The van der Waals surface area contributed by atoms with E-state index in [1.54, 1.807) is 18.2 Å². The smallest absolute Gasteiger partial charge is 0.310 e. The molecule has 1 N–H and O–H groups in total. The van der Waals surface area contributed by atoms with Gasteiger partial charge in [-0.2, -0.15) is 0 Å². The molecule has 3 aliphatic rings. The average molecular weight is 326 g/mol. The Morgan fingerprint density at radius 1 is 1.29 bits per heavy atom. The quantitative estimate of drug-likeness (QED) is 0.850. The first kappa shape index (κ1) is 13.4. The number of rotatable bonds is 2. The number of carbonyl (C=O) groups is 2. The van der Waals surface area contributed by atoms with Crippen LogP contribution in [-0.2, 0) is 14.3 Å². The number of anilines is 1. The van der Waals surface area contributed by atoms with Gasteiger partial charge in [-0.1, -0.05) is 29.3 Å². The number of ether oxygens (including phenoxy) is 1. The van der Waals surface area contributed by atoms with Crippen LogP contribution in [0.2, 0.25) is 10.0 Å². The second-order valence-electron chi connectivity index (χ2n) is 6.01. The zero-order valence-electron chi connectivity index (χ0n) is 11.0. The Bertz CT molecular complexity index is 646. The van der Waals surface area contributed by atoms with Crippen LogP contribution >= 0.6 is 23.2 Å². The van der Waals surface area contributed by atoms with Crippen molar-refractivity contribution < 1.29 is 14.3 Å². The molecule has 2 bridgehead atoms. The van der Waals surface area contributed by atoms with E-state index < -0.39 is 0 Å². The molecule has 0 aromatic heterocycles. The first-order valence-corrected chi connectivity index (χ1v) is 7.77. The molecule has 0 radical (unpaired) electrons. The highest BCUT2D eigenvalue weighted by Crippen LogP contribution is 2.57. The maximum absolute atomic E-state index is 12.6. The minimum absolute atomic E-state index is 0.0336. The number of halogens is 2. The highest BCUT2D eigenvalue weighted by atomic mass is 35.5. The number of benzene rings is 1. The maximum atomic E-state index is 12.6. The predicted octanol–water partition coefficient (Wildman–Crippen LogP) is 3.13. The normalized spacial score (nSPS) is 35.9. The van der Waals surface area contributed by atoms with Crippen molar-refractivity contribution in [2.24, 2.45) is 23.7 Å². The van der Waals surface area contributed by atoms with E-state index in [-0.39, 0.29) is 41.7 Å². The topological polar surface area (TPSA) is 55.4 Å². The van der Waals surface area contributed by atoms with Crippen molar-refractivity contribution in [3.05, 3.63) is 28.2 Å². The minimum atomic E-state index is -0.309. The zero-order chi connectivity index (χ0) is 14.7. The molecule has 1 heterocycles. The van der Waals surface area contributed by atoms with Gasteiger partial charge in [0, 0.05) is 5.92 Å². The number of hydrogen-bond acceptors (Lipinski definition) is 3. The lowest BCUT2D eigenvalue weighted by Crippen LogP contribution is -2.35. The van der Waals surface area contributed by atoms with Crippen LogP contribution in [-0.4, -0.2) is 18.0 Å². The van der Waals surface area contributed by atoms with Gasteiger partial charge in [0.2, 0.25) is 5.91 Å². The molecular weight excluding hydrogens is 313 g/mol. The summed E-state index contributed by atoms with van der Waals surface area (Å²) < 4.78 is 5.35. The van der Waals surface area contributed by atoms with Crippen molar-refractivity contribution >= 4 is 40.8 Å². The fourth-order valence-corrected chi connectivity index (χ4v) is 4.53. The summed E-state index contributed by atoms with van der Waals surface area (Å²) in [4.78, 5) is 24.5. The number of amides is 1. The van der Waals surface area contributed by atoms with Gasteiger partial charge in [-0.25, -0.2) is 0 Å². The highest BCUT2D eigenvalue weighted by molar-refractivity contribution is 6.44. The van der Waals surface area contributed by atoms with Gasteiger partial charge < -0.3 is 10.1 Å². The first-order valence-electron chi connectivity index (χ1n) is 7.01. The summed E-state index contributed by atoms with van der Waals surface area (Å²) in [6.07, 6.45) is 1.74. The third-order valence-electron chi connectivity index (χ3n) is 5.00. The lowest BCUT2D eigenvalue weighted by molar-refractivity contribution is -0.145. The van der Waals surface area contributed by atoms with Crippen LogP contribution in [0, 0.1) is 23.7 Å². The standard InChI is InChI=1S/C15H13Cl2NO3/c16-8-2-1-3-9(13(8)17)18-14(19)11-6-4-7-10(5-6)21-15(20)12(7)11/h1-3,6-7,10-12H,4-5H2,(H,18,19)/t6-,7+,10-,11-,12+/m1/s1. The van der Waals surface area contributed by atoms with Crippen molar-refractivity contribution in [2.45, 2.75) is 18.9 Å². The Morgan fingerprint density at radius 3 is 2.90 bits per heavy atom. The summed E-state index contributed by atoms with van der Waals surface area (Å²) in [7, 11) is 0. The molecule has 2 aliphatic carbocycles. The molecule has 21 heavy (non-hydrogen) atoms. The van der Waals surface area contributed by atoms with Gasteiger partial charge in [0.1, 0.15) is 6.10 Å². The Balaban J connectivity index is 1.59. The van der Waals surface area contributed by atoms with Crippen LogP contribution in [0.4, 0.5) is 5.69 Å². The van der Waals surface area contributed by atoms with E-state index in [0.717, 1.165) is 12.8 Å². The van der Waals surface area contributed by atoms with Crippen LogP contribution in [0.25, 0.3) is 0 Å². The summed E-state index contributed by atoms with van der Waals surface area (Å²) in [5.74, 6) is -0.526. The Morgan fingerprint density at radius 2 is 2.10 bits per heavy atom. The third-order valence-corrected chi connectivity index (χ3v) is 5.81. The van der Waals surface area contributed by atoms with Crippen LogP contribution in [0.3, 0.4) is 0 Å². The van der Waals surface area contributed by atoms with Gasteiger partial charge in [0.05, 0.1) is 27.6 Å². The lowest BCUT2D eigenvalue weighted by Gasteiger charge is -2.23. The SMILES string of the molecule is O=C(Nc1cccc(Cl)c1Cl)[C@@H]1[C@@H]2C[C@@H]3[C@@H]1C(=O)O[C@@H]3C2. The van der Waals surface area contributed by atoms with E-state index in [2.05, 4.69) is 5.32 Å². The van der Waals surface area contributed by atoms with E-state index in [1.165, 1.54) is 0 Å². The minimum Gasteiger partial charge on any atom is -0.462 e. The van der Waals surface area contributed by atoms with Crippen molar-refractivity contribution in [1.82, 2.24) is 0 Å². The largest absolute Gasteiger partial charge is 0.462 e. The van der Waals surface area contributed by atoms with Gasteiger partial charge in [-0.05, 0) is 30.9 Å². The molecule has 1 aliphatic heterocycles. The van der Waals surface area contributed by atoms with Gasteiger partial charge in [-0.3, -0.25) is 9.59 Å². The molecule has 1 aromatic carbocycles. The molecule has 6 heteroatoms. The van der Waals surface area contributed by atoms with Crippen LogP contribution in [0.15, 0.2) is 18.2 Å². The molecule has 1 amide bonds. The molecule has 1 saturated heterocycles. The Labute approximate surface area is 131 Å². The number of fused-ring (bicyclic) bond motifs is 1. The maximum Gasteiger partial charge on any atom is 0.310 e. The van der Waals surface area contributed by atoms with Crippen LogP contribution < -0.4 is 5.32 Å². The van der Waals surface area contributed by atoms with Gasteiger partial charge in [0.25, 0.3) is 0 Å². The van der Waals surface area contributed by atoms with Gasteiger partial charge in [-0.15, -0.1) is 0 Å². The third kappa shape index (κ3) is 1.89. The molecule has 1 aromatic rings. The van der Waals surface area contributed by atoms with Crippen molar-refractivity contribution in [2.75, 3.05) is 5.32 Å². The first-order chi connectivity index (χ1) is 10.1. The van der Waals surface area contributed by atoms with Crippen molar-refractivity contribution in [1.29, 1.82) is 0 Å². The molecule has 0 unspecified atom stereocenters. The number of nitrogens with one attached hydrogen (secondary N) is 1. The molecule has 0 spiro atoms. The fraction of sp³-hybridized carbons (Fsp3) is 0.467. The fourth-order valence-electron chi connectivity index (χ4n) is 4.18. The number of carbonyl (C=O) groups excluding carboxylic acids is 2. The van der Waals surface area contributed by atoms with Crippen LogP contribution in [0.5, 0.6) is 0 Å². The zero-order valence-corrected chi connectivity index (χ0v) is 12.5. The second-order valence-corrected chi connectivity index (χ2v) is 6.80. The Hall–Kier alpha value is -1.26. The van der Waals surface area contributed by atoms with Crippen molar-refractivity contribution in [3.63, 3.8) is 0 Å². The second kappa shape index (κ2) is 4.62. The van der Waals surface area contributed by atoms with Gasteiger partial charge in [0.15, 0.2) is 0 Å². The molecule has 5 atom stereocenters. The van der Waals surface area contributed by atoms with E-state index >= 15 is 0 Å². The highest BCUT2D eigenvalue weighted by Gasteiger charge is 2.63. The van der Waals surface area contributed by atoms with Crippen molar-refractivity contribution in [3.8, 4) is 0 Å². The monoisotopic (exact) mass is 325 g/mol. The molecule has 2 saturated carbocycles. The number of hydrogen-bond donors (Lipinski definition) is 1. The summed E-state index contributed by atoms with van der Waals surface area (Å²) >= 11 is 12.0. The molecule has 110 valence electrons. The molecule has 4 rings (SSSR count). The van der Waals surface area contributed by atoms with E-state index in [4.69, 9.17) is 27.9 Å². The Kier molecular flexibility index (Phi) is 2.95. The molecule has 3 fully saturated rings. The average Bonchev–Trinajstić information content (AvgIpc) is 3.05. The number of esters is 1. The summed E-state index contributed by atoms with van der Waals surface area (Å²) in [6.45, 7) is 0. The van der Waals surface area contributed by atoms with E-state index in [1.807, 2.05) is 0 Å². The van der Waals surface area contributed by atoms with Gasteiger partial charge >= 0.3 is 5.97 Å². The molecule has 4 nitrogen and oxygen atoms in total. The van der Waals surface area contributed by atoms with E-state index in [9.17, 15) is 9.59 Å². The predicted molar refractivity (Wildman–Crippen MR) is 78.2 cm³/mol. The summed E-state index contributed by atoms with van der Waals surface area (Å²) in [5.41, 5.74) is 0.486.